The van der Waals surface area contributed by atoms with Gasteiger partial charge in [0.15, 0.2) is 0 Å². The standard InChI is InChI=1S/C15H14FNO3S/c1-8-10-7-9(16)4-5-12(10)21-13(8)14(18)17-6-2-3-11(17)15(19)20/h4-5,7,11H,2-3,6H2,1H3,(H,19,20)/t11-/m1/s1. The molecule has 3 rings (SSSR count). The first kappa shape index (κ1) is 14.0. The summed E-state index contributed by atoms with van der Waals surface area (Å²) in [5.74, 6) is -1.57. The van der Waals surface area contributed by atoms with Crippen molar-refractivity contribution in [1.82, 2.24) is 4.90 Å². The third kappa shape index (κ3) is 2.29. The van der Waals surface area contributed by atoms with Crippen molar-refractivity contribution in [3.05, 3.63) is 34.5 Å². The van der Waals surface area contributed by atoms with Crippen LogP contribution in [0.3, 0.4) is 0 Å². The number of carboxylic acids is 1. The van der Waals surface area contributed by atoms with E-state index in [1.807, 2.05) is 0 Å². The molecule has 1 N–H and O–H groups in total. The molecule has 1 aromatic carbocycles. The molecule has 0 unspecified atom stereocenters. The second kappa shape index (κ2) is 5.11. The summed E-state index contributed by atoms with van der Waals surface area (Å²) in [6.07, 6.45) is 1.18. The Bertz CT molecular complexity index is 740. The Morgan fingerprint density at radius 2 is 2.19 bits per heavy atom. The number of carbonyl (C=O) groups is 2. The first-order chi connectivity index (χ1) is 9.99. The van der Waals surface area contributed by atoms with Crippen LogP contribution >= 0.6 is 11.3 Å². The lowest BCUT2D eigenvalue weighted by Gasteiger charge is -2.21. The van der Waals surface area contributed by atoms with Gasteiger partial charge in [-0.15, -0.1) is 11.3 Å². The van der Waals surface area contributed by atoms with Gasteiger partial charge in [0.05, 0.1) is 4.88 Å². The van der Waals surface area contributed by atoms with Crippen LogP contribution < -0.4 is 0 Å². The van der Waals surface area contributed by atoms with E-state index in [1.54, 1.807) is 13.0 Å². The molecule has 1 aromatic heterocycles. The fraction of sp³-hybridized carbons (Fsp3) is 0.333. The number of amides is 1. The summed E-state index contributed by atoms with van der Waals surface area (Å²) >= 11 is 1.29. The first-order valence-corrected chi connectivity index (χ1v) is 7.53. The van der Waals surface area contributed by atoms with Crippen LogP contribution in [-0.4, -0.2) is 34.5 Å². The minimum atomic E-state index is -0.967. The Kier molecular flexibility index (Phi) is 3.41. The van der Waals surface area contributed by atoms with Crippen molar-refractivity contribution in [3.8, 4) is 0 Å². The zero-order valence-electron chi connectivity index (χ0n) is 11.4. The van der Waals surface area contributed by atoms with Crippen molar-refractivity contribution < 1.29 is 19.1 Å². The maximum absolute atomic E-state index is 13.3. The van der Waals surface area contributed by atoms with E-state index in [9.17, 15) is 19.1 Å². The van der Waals surface area contributed by atoms with Gasteiger partial charge in [0, 0.05) is 11.2 Å². The Morgan fingerprint density at radius 3 is 2.90 bits per heavy atom. The van der Waals surface area contributed by atoms with Gasteiger partial charge in [-0.25, -0.2) is 9.18 Å². The minimum absolute atomic E-state index is 0.265. The number of carbonyl (C=O) groups excluding carboxylic acids is 1. The highest BCUT2D eigenvalue weighted by Crippen LogP contribution is 2.33. The third-order valence-electron chi connectivity index (χ3n) is 3.89. The number of hydrogen-bond acceptors (Lipinski definition) is 3. The number of carboxylic acid groups (broad SMARTS) is 1. The van der Waals surface area contributed by atoms with Gasteiger partial charge in [0.1, 0.15) is 11.9 Å². The SMILES string of the molecule is Cc1c(C(=O)N2CCC[C@@H]2C(=O)O)sc2ccc(F)cc12. The van der Waals surface area contributed by atoms with E-state index in [0.29, 0.717) is 24.3 Å². The highest BCUT2D eigenvalue weighted by Gasteiger charge is 2.35. The molecule has 1 saturated heterocycles. The van der Waals surface area contributed by atoms with Gasteiger partial charge < -0.3 is 10.0 Å². The molecule has 4 nitrogen and oxygen atoms in total. The van der Waals surface area contributed by atoms with E-state index >= 15 is 0 Å². The average molecular weight is 307 g/mol. The lowest BCUT2D eigenvalue weighted by atomic mass is 10.1. The number of halogens is 1. The highest BCUT2D eigenvalue weighted by atomic mass is 32.1. The molecule has 0 aliphatic carbocycles. The van der Waals surface area contributed by atoms with Crippen LogP contribution in [-0.2, 0) is 4.79 Å². The van der Waals surface area contributed by atoms with Gasteiger partial charge in [0.25, 0.3) is 5.91 Å². The van der Waals surface area contributed by atoms with Crippen molar-refractivity contribution in [2.24, 2.45) is 0 Å². The van der Waals surface area contributed by atoms with E-state index in [2.05, 4.69) is 0 Å². The summed E-state index contributed by atoms with van der Waals surface area (Å²) in [4.78, 5) is 25.7. The van der Waals surface area contributed by atoms with E-state index in [4.69, 9.17) is 0 Å². The maximum Gasteiger partial charge on any atom is 0.326 e. The molecule has 1 aliphatic heterocycles. The Hall–Kier alpha value is -1.95. The lowest BCUT2D eigenvalue weighted by Crippen LogP contribution is -2.40. The summed E-state index contributed by atoms with van der Waals surface area (Å²) in [7, 11) is 0. The van der Waals surface area contributed by atoms with Gasteiger partial charge in [-0.2, -0.15) is 0 Å². The van der Waals surface area contributed by atoms with Crippen molar-refractivity contribution in [1.29, 1.82) is 0 Å². The fourth-order valence-electron chi connectivity index (χ4n) is 2.79. The topological polar surface area (TPSA) is 57.6 Å². The summed E-state index contributed by atoms with van der Waals surface area (Å²) in [5.41, 5.74) is 0.718. The second-order valence-electron chi connectivity index (χ2n) is 5.19. The van der Waals surface area contributed by atoms with Crippen LogP contribution in [0.4, 0.5) is 4.39 Å². The number of aliphatic carboxylic acids is 1. The molecule has 6 heteroatoms. The normalized spacial score (nSPS) is 18.4. The van der Waals surface area contributed by atoms with Gasteiger partial charge in [-0.3, -0.25) is 4.79 Å². The molecule has 0 spiro atoms. The molecule has 2 aromatic rings. The Balaban J connectivity index is 2.02. The van der Waals surface area contributed by atoms with Crippen LogP contribution in [0.15, 0.2) is 18.2 Å². The minimum Gasteiger partial charge on any atom is -0.480 e. The molecular weight excluding hydrogens is 293 g/mol. The van der Waals surface area contributed by atoms with Gasteiger partial charge in [-0.1, -0.05) is 0 Å². The molecule has 0 saturated carbocycles. The monoisotopic (exact) mass is 307 g/mol. The predicted molar refractivity (Wildman–Crippen MR) is 78.2 cm³/mol. The number of fused-ring (bicyclic) bond motifs is 1. The van der Waals surface area contributed by atoms with Crippen LogP contribution in [0.5, 0.6) is 0 Å². The van der Waals surface area contributed by atoms with Gasteiger partial charge in [0.2, 0.25) is 0 Å². The van der Waals surface area contributed by atoms with Gasteiger partial charge in [-0.05, 0) is 48.9 Å². The number of hydrogen-bond donors (Lipinski definition) is 1. The summed E-state index contributed by atoms with van der Waals surface area (Å²) in [6, 6.07) is 3.68. The number of rotatable bonds is 2. The molecule has 21 heavy (non-hydrogen) atoms. The van der Waals surface area contributed by atoms with Gasteiger partial charge >= 0.3 is 5.97 Å². The zero-order chi connectivity index (χ0) is 15.1. The Labute approximate surface area is 124 Å². The largest absolute Gasteiger partial charge is 0.480 e. The molecule has 1 aliphatic rings. The molecule has 1 atom stereocenters. The van der Waals surface area contributed by atoms with Crippen molar-refractivity contribution in [2.45, 2.75) is 25.8 Å². The van der Waals surface area contributed by atoms with Crippen LogP contribution in [0.25, 0.3) is 10.1 Å². The highest BCUT2D eigenvalue weighted by molar-refractivity contribution is 7.21. The number of thiophene rings is 1. The molecule has 2 heterocycles. The summed E-state index contributed by atoms with van der Waals surface area (Å²) in [6.45, 7) is 2.23. The molecule has 110 valence electrons. The average Bonchev–Trinajstić information content (AvgIpc) is 3.04. The predicted octanol–water partition coefficient (Wildman–Crippen LogP) is 3.04. The van der Waals surface area contributed by atoms with E-state index in [1.165, 1.54) is 28.4 Å². The maximum atomic E-state index is 13.3. The number of nitrogens with zero attached hydrogens (tertiary/aromatic N) is 1. The fourth-order valence-corrected chi connectivity index (χ4v) is 3.94. The smallest absolute Gasteiger partial charge is 0.326 e. The van der Waals surface area contributed by atoms with E-state index in [-0.39, 0.29) is 11.7 Å². The molecule has 1 fully saturated rings. The number of aryl methyl sites for hydroxylation is 1. The van der Waals surface area contributed by atoms with E-state index in [0.717, 1.165) is 15.6 Å². The van der Waals surface area contributed by atoms with Crippen molar-refractivity contribution >= 4 is 33.3 Å². The summed E-state index contributed by atoms with van der Waals surface area (Å²) < 4.78 is 14.2. The Morgan fingerprint density at radius 1 is 1.43 bits per heavy atom. The van der Waals surface area contributed by atoms with Crippen molar-refractivity contribution in [2.75, 3.05) is 6.54 Å². The molecule has 0 bridgehead atoms. The van der Waals surface area contributed by atoms with E-state index < -0.39 is 12.0 Å². The number of likely N-dealkylation sites (tertiary alicyclic amines) is 1. The third-order valence-corrected chi connectivity index (χ3v) is 5.15. The molecule has 1 amide bonds. The lowest BCUT2D eigenvalue weighted by molar-refractivity contribution is -0.141. The first-order valence-electron chi connectivity index (χ1n) is 6.71. The second-order valence-corrected chi connectivity index (χ2v) is 6.24. The van der Waals surface area contributed by atoms with Crippen LogP contribution in [0, 0.1) is 12.7 Å². The quantitative estimate of drug-likeness (QED) is 0.927. The van der Waals surface area contributed by atoms with Crippen LogP contribution in [0.1, 0.15) is 28.1 Å². The van der Waals surface area contributed by atoms with Crippen LogP contribution in [0.2, 0.25) is 0 Å². The molecular formula is C15H14FNO3S. The number of benzene rings is 1. The summed E-state index contributed by atoms with van der Waals surface area (Å²) in [5, 5.41) is 9.90. The zero-order valence-corrected chi connectivity index (χ0v) is 12.2. The molecule has 0 radical (unpaired) electrons. The van der Waals surface area contributed by atoms with Crippen molar-refractivity contribution in [3.63, 3.8) is 0 Å².